The van der Waals surface area contributed by atoms with Crippen LogP contribution >= 0.6 is 31.9 Å². The number of benzene rings is 3. The number of ether oxygens (including phenoxy) is 2. The van der Waals surface area contributed by atoms with Crippen molar-refractivity contribution >= 4 is 60.6 Å². The van der Waals surface area contributed by atoms with Gasteiger partial charge in [-0.3, -0.25) is 9.59 Å². The number of carbonyl (C=O) groups excluding carboxylic acids is 1. The van der Waals surface area contributed by atoms with E-state index in [1.807, 2.05) is 32.9 Å². The van der Waals surface area contributed by atoms with Crippen LogP contribution in [0.4, 0.5) is 10.1 Å². The Labute approximate surface area is 247 Å². The quantitative estimate of drug-likeness (QED) is 0.185. The molecule has 0 saturated heterocycles. The lowest BCUT2D eigenvalue weighted by atomic mass is 10.1. The highest BCUT2D eigenvalue weighted by molar-refractivity contribution is 9.10. The topological polar surface area (TPSA) is 94.8 Å². The molecule has 1 N–H and O–H groups in total. The van der Waals surface area contributed by atoms with Gasteiger partial charge in [-0.1, -0.05) is 35.8 Å². The third kappa shape index (κ3) is 6.95. The largest absolute Gasteiger partial charge is 0.490 e. The van der Waals surface area contributed by atoms with Crippen LogP contribution in [0.15, 0.2) is 73.4 Å². The van der Waals surface area contributed by atoms with E-state index >= 15 is 0 Å². The van der Waals surface area contributed by atoms with Gasteiger partial charge in [0.1, 0.15) is 11.6 Å². The highest BCUT2D eigenvalue weighted by Crippen LogP contribution is 2.36. The summed E-state index contributed by atoms with van der Waals surface area (Å²) in [5, 5.41) is 7.56. The standard InChI is InChI=1S/C29H27Br2FN4O4/c1-4-17(3)28-35-24-10-9-19(30)13-22(24)29(38)36(28)33-15-18-11-23(31)27(25(12-18)39-5-2)40-16-26(37)34-21-8-6-7-20(32)14-21/h6-15,17H,4-5,16H2,1-3H3,(H,34,37)/t17-/m1/s1. The zero-order chi connectivity index (χ0) is 28.8. The first kappa shape index (κ1) is 29.4. The van der Waals surface area contributed by atoms with Gasteiger partial charge in [0.05, 0.1) is 28.2 Å². The summed E-state index contributed by atoms with van der Waals surface area (Å²) in [5.41, 5.74) is 1.29. The number of hydrogen-bond donors (Lipinski definition) is 1. The van der Waals surface area contributed by atoms with E-state index in [2.05, 4.69) is 42.3 Å². The molecule has 8 nitrogen and oxygen atoms in total. The van der Waals surface area contributed by atoms with Crippen LogP contribution in [-0.4, -0.2) is 35.0 Å². The van der Waals surface area contributed by atoms with Crippen molar-refractivity contribution < 1.29 is 18.7 Å². The minimum atomic E-state index is -0.460. The molecular weight excluding hydrogens is 647 g/mol. The summed E-state index contributed by atoms with van der Waals surface area (Å²) in [6.45, 7) is 5.87. The Morgan fingerprint density at radius 1 is 1.15 bits per heavy atom. The van der Waals surface area contributed by atoms with E-state index in [-0.39, 0.29) is 18.1 Å². The molecule has 0 spiro atoms. The molecule has 208 valence electrons. The molecule has 1 amide bonds. The average Bonchev–Trinajstić information content (AvgIpc) is 2.92. The van der Waals surface area contributed by atoms with E-state index in [4.69, 9.17) is 14.5 Å². The molecule has 4 aromatic rings. The maximum atomic E-state index is 13.4. The van der Waals surface area contributed by atoms with Crippen LogP contribution in [0.5, 0.6) is 11.5 Å². The fraction of sp³-hybridized carbons (Fsp3) is 0.241. The normalized spacial score (nSPS) is 12.1. The molecule has 0 aliphatic carbocycles. The predicted octanol–water partition coefficient (Wildman–Crippen LogP) is 6.87. The van der Waals surface area contributed by atoms with Gasteiger partial charge in [-0.25, -0.2) is 9.37 Å². The van der Waals surface area contributed by atoms with Crippen molar-refractivity contribution in [1.29, 1.82) is 0 Å². The summed E-state index contributed by atoms with van der Waals surface area (Å²) in [5.74, 6) is 0.348. The van der Waals surface area contributed by atoms with Gasteiger partial charge in [-0.05, 0) is 83.4 Å². The molecule has 1 aromatic heterocycles. The molecule has 4 rings (SSSR count). The van der Waals surface area contributed by atoms with Crippen LogP contribution < -0.4 is 20.3 Å². The van der Waals surface area contributed by atoms with Gasteiger partial charge in [0.25, 0.3) is 11.5 Å². The Morgan fingerprint density at radius 2 is 1.95 bits per heavy atom. The van der Waals surface area contributed by atoms with Gasteiger partial charge in [0, 0.05) is 16.1 Å². The van der Waals surface area contributed by atoms with Crippen molar-refractivity contribution in [1.82, 2.24) is 9.66 Å². The first-order chi connectivity index (χ1) is 19.2. The molecule has 3 aromatic carbocycles. The van der Waals surface area contributed by atoms with Gasteiger partial charge < -0.3 is 14.8 Å². The Balaban J connectivity index is 1.63. The van der Waals surface area contributed by atoms with Gasteiger partial charge in [-0.15, -0.1) is 0 Å². The van der Waals surface area contributed by atoms with E-state index in [9.17, 15) is 14.0 Å². The Kier molecular flexibility index (Phi) is 9.70. The maximum absolute atomic E-state index is 13.4. The van der Waals surface area contributed by atoms with Crippen LogP contribution in [-0.2, 0) is 4.79 Å². The predicted molar refractivity (Wildman–Crippen MR) is 161 cm³/mol. The molecule has 0 aliphatic rings. The summed E-state index contributed by atoms with van der Waals surface area (Å²) < 4.78 is 27.6. The minimum Gasteiger partial charge on any atom is -0.490 e. The van der Waals surface area contributed by atoms with Crippen molar-refractivity contribution in [3.63, 3.8) is 0 Å². The molecule has 40 heavy (non-hydrogen) atoms. The van der Waals surface area contributed by atoms with Crippen molar-refractivity contribution in [2.24, 2.45) is 5.10 Å². The summed E-state index contributed by atoms with van der Waals surface area (Å²) in [6.07, 6.45) is 2.33. The van der Waals surface area contributed by atoms with Gasteiger partial charge >= 0.3 is 0 Å². The average molecular weight is 674 g/mol. The SMILES string of the molecule is CCOc1cc(C=Nn2c([C@H](C)CC)nc3ccc(Br)cc3c2=O)cc(Br)c1OCC(=O)Nc1cccc(F)c1. The fourth-order valence-corrected chi connectivity index (χ4v) is 4.81. The molecule has 1 heterocycles. The zero-order valence-corrected chi connectivity index (χ0v) is 25.3. The number of hydrogen-bond acceptors (Lipinski definition) is 6. The Bertz CT molecular complexity index is 1640. The van der Waals surface area contributed by atoms with Crippen molar-refractivity contribution in [3.05, 3.63) is 91.1 Å². The van der Waals surface area contributed by atoms with Gasteiger partial charge in [0.15, 0.2) is 18.1 Å². The third-order valence-corrected chi connectivity index (χ3v) is 7.08. The van der Waals surface area contributed by atoms with Crippen molar-refractivity contribution in [2.45, 2.75) is 33.1 Å². The Morgan fingerprint density at radius 3 is 2.67 bits per heavy atom. The fourth-order valence-electron chi connectivity index (χ4n) is 3.87. The lowest BCUT2D eigenvalue weighted by Gasteiger charge is -2.15. The van der Waals surface area contributed by atoms with Gasteiger partial charge in [0.2, 0.25) is 0 Å². The molecule has 0 aliphatic heterocycles. The van der Waals surface area contributed by atoms with Crippen LogP contribution in [0, 0.1) is 5.82 Å². The first-order valence-electron chi connectivity index (χ1n) is 12.6. The van der Waals surface area contributed by atoms with Crippen LogP contribution in [0.25, 0.3) is 10.9 Å². The van der Waals surface area contributed by atoms with E-state index in [0.29, 0.717) is 50.6 Å². The second-order valence-corrected chi connectivity index (χ2v) is 10.7. The van der Waals surface area contributed by atoms with Crippen molar-refractivity contribution in [2.75, 3.05) is 18.5 Å². The molecule has 0 fully saturated rings. The van der Waals surface area contributed by atoms with E-state index < -0.39 is 11.7 Å². The zero-order valence-electron chi connectivity index (χ0n) is 22.1. The highest BCUT2D eigenvalue weighted by atomic mass is 79.9. The number of nitrogens with one attached hydrogen (secondary N) is 1. The van der Waals surface area contributed by atoms with E-state index in [0.717, 1.165) is 10.9 Å². The number of carbonyl (C=O) groups is 1. The number of nitrogens with zero attached hydrogens (tertiary/aromatic N) is 3. The van der Waals surface area contributed by atoms with Crippen LogP contribution in [0.3, 0.4) is 0 Å². The number of halogens is 3. The molecule has 0 radical (unpaired) electrons. The third-order valence-electron chi connectivity index (χ3n) is 6.00. The van der Waals surface area contributed by atoms with Gasteiger partial charge in [-0.2, -0.15) is 9.78 Å². The second kappa shape index (κ2) is 13.2. The lowest BCUT2D eigenvalue weighted by molar-refractivity contribution is -0.118. The number of rotatable bonds is 10. The molecule has 0 bridgehead atoms. The smallest absolute Gasteiger partial charge is 0.282 e. The molecule has 0 unspecified atom stereocenters. The highest BCUT2D eigenvalue weighted by Gasteiger charge is 2.17. The van der Waals surface area contributed by atoms with Crippen molar-refractivity contribution in [3.8, 4) is 11.5 Å². The summed E-state index contributed by atoms with van der Waals surface area (Å²) >= 11 is 6.91. The molecule has 1 atom stereocenters. The minimum absolute atomic E-state index is 0.00193. The first-order valence-corrected chi connectivity index (χ1v) is 14.2. The van der Waals surface area contributed by atoms with Crippen LogP contribution in [0.1, 0.15) is 44.5 Å². The number of aromatic nitrogens is 2. The molecule has 0 saturated carbocycles. The second-order valence-electron chi connectivity index (χ2n) is 8.91. The number of fused-ring (bicyclic) bond motifs is 1. The molecular formula is C29H27Br2FN4O4. The summed E-state index contributed by atoms with van der Waals surface area (Å²) in [6, 6.07) is 14.4. The number of amides is 1. The summed E-state index contributed by atoms with van der Waals surface area (Å²) in [4.78, 5) is 30.5. The number of anilines is 1. The lowest BCUT2D eigenvalue weighted by Crippen LogP contribution is -2.23. The maximum Gasteiger partial charge on any atom is 0.282 e. The Hall–Kier alpha value is -3.57. The van der Waals surface area contributed by atoms with Crippen LogP contribution in [0.2, 0.25) is 0 Å². The monoisotopic (exact) mass is 672 g/mol. The van der Waals surface area contributed by atoms with E-state index in [1.165, 1.54) is 22.9 Å². The molecule has 11 heteroatoms. The van der Waals surface area contributed by atoms with E-state index in [1.54, 1.807) is 30.5 Å². The summed E-state index contributed by atoms with van der Waals surface area (Å²) in [7, 11) is 0.